The Kier molecular flexibility index (Phi) is 23.0. The maximum atomic E-state index is 10.6. The van der Waals surface area contributed by atoms with Crippen LogP contribution in [0.3, 0.4) is 0 Å². The summed E-state index contributed by atoms with van der Waals surface area (Å²) >= 11 is 0. The monoisotopic (exact) mass is 492 g/mol. The van der Waals surface area contributed by atoms with Crippen molar-refractivity contribution in [3.8, 4) is 0 Å². The van der Waals surface area contributed by atoms with E-state index in [4.69, 9.17) is 9.11 Å². The molecular weight excluding hydrogens is 478 g/mol. The summed E-state index contributed by atoms with van der Waals surface area (Å²) in [4.78, 5) is 40.7. The summed E-state index contributed by atoms with van der Waals surface area (Å²) in [5.74, 6) is -6.68. The number of esters is 2. The van der Waals surface area contributed by atoms with Gasteiger partial charge in [-0.2, -0.15) is 16.8 Å². The van der Waals surface area contributed by atoms with Gasteiger partial charge < -0.3 is 29.3 Å². The third-order valence-electron chi connectivity index (χ3n) is 1.88. The van der Waals surface area contributed by atoms with Crippen LogP contribution in [0.4, 0.5) is 0 Å². The Morgan fingerprint density at radius 3 is 1.13 bits per heavy atom. The Morgan fingerprint density at radius 1 is 0.667 bits per heavy atom. The molecule has 0 rings (SSSR count). The third-order valence-corrected chi connectivity index (χ3v) is 3.25. The number of hydrogen-bond acceptors (Lipinski definition) is 12. The van der Waals surface area contributed by atoms with E-state index < -0.39 is 68.8 Å². The Hall–Kier alpha value is -0.820. The van der Waals surface area contributed by atoms with Crippen LogP contribution in [0.25, 0.3) is 0 Å². The second-order valence-electron chi connectivity index (χ2n) is 4.21. The van der Waals surface area contributed by atoms with Gasteiger partial charge in [-0.15, -0.1) is 0 Å². The molecule has 0 aliphatic rings. The minimum Gasteiger partial charge on any atom is -0.545 e. The number of aliphatic carboxylic acids is 2. The average Bonchev–Trinajstić information content (AvgIpc) is 2.49. The Balaban J connectivity index is -0.000000211. The van der Waals surface area contributed by atoms with Crippen LogP contribution < -0.4 is 69.3 Å². The van der Waals surface area contributed by atoms with E-state index in [1.54, 1.807) is 0 Å². The van der Waals surface area contributed by atoms with Crippen molar-refractivity contribution in [2.24, 2.45) is 0 Å². The van der Waals surface area contributed by atoms with Crippen molar-refractivity contribution in [1.29, 1.82) is 0 Å². The zero-order chi connectivity index (χ0) is 22.4. The molecule has 0 atom stereocenters. The zero-order valence-corrected chi connectivity index (χ0v) is 21.4. The fourth-order valence-corrected chi connectivity index (χ4v) is 1.45. The summed E-state index contributed by atoms with van der Waals surface area (Å²) < 4.78 is 65.3. The van der Waals surface area contributed by atoms with E-state index in [9.17, 15) is 46.2 Å². The molecule has 0 bridgehead atoms. The van der Waals surface area contributed by atoms with Crippen LogP contribution in [-0.2, 0) is 48.9 Å². The van der Waals surface area contributed by atoms with Crippen LogP contribution in [0.2, 0.25) is 0 Å². The molecule has 0 aromatic rings. The van der Waals surface area contributed by atoms with Gasteiger partial charge in [0.1, 0.15) is 24.7 Å². The Labute approximate surface area is 215 Å². The number of carboxylic acids is 2. The summed E-state index contributed by atoms with van der Waals surface area (Å²) in [6.07, 6.45) is 2.02. The summed E-state index contributed by atoms with van der Waals surface area (Å²) in [5, 5.41) is 19.6. The van der Waals surface area contributed by atoms with Gasteiger partial charge in [0.2, 0.25) is 0 Å². The molecule has 160 valence electrons. The molecule has 0 saturated heterocycles. The molecule has 0 radical (unpaired) electrons. The van der Waals surface area contributed by atoms with Crippen molar-refractivity contribution in [3.63, 3.8) is 0 Å². The molecule has 0 spiro atoms. The zero-order valence-electron chi connectivity index (χ0n) is 15.7. The van der Waals surface area contributed by atoms with E-state index in [-0.39, 0.29) is 59.1 Å². The molecule has 0 aromatic carbocycles. The predicted octanol–water partition coefficient (Wildman–Crippen LogP) is -10.5. The molecule has 18 heteroatoms. The number of ether oxygens (including phenoxy) is 2. The maximum absolute atomic E-state index is 10.6. The third kappa shape index (κ3) is 34.7. The fraction of sp³-hybridized carbons (Fsp3) is 0.333. The number of carbonyl (C=O) groups excluding carboxylic acids is 4. The van der Waals surface area contributed by atoms with Gasteiger partial charge in [0, 0.05) is 12.2 Å². The first kappa shape index (κ1) is 36.5. The van der Waals surface area contributed by atoms with E-state index in [0.29, 0.717) is 24.3 Å². The smallest absolute Gasteiger partial charge is 0.545 e. The Morgan fingerprint density at radius 2 is 0.933 bits per heavy atom. The topological polar surface area (TPSA) is 242 Å². The van der Waals surface area contributed by atoms with Crippen LogP contribution in [0, 0.1) is 0 Å². The number of hydrogen-bond donors (Lipinski definition) is 2. The van der Waals surface area contributed by atoms with Gasteiger partial charge in [-0.1, -0.05) is 0 Å². The van der Waals surface area contributed by atoms with E-state index in [1.165, 1.54) is 0 Å². The molecule has 0 saturated carbocycles. The minimum atomic E-state index is -4.18. The summed E-state index contributed by atoms with van der Waals surface area (Å²) in [7, 11) is -8.36. The predicted molar refractivity (Wildman–Crippen MR) is 83.0 cm³/mol. The van der Waals surface area contributed by atoms with Crippen LogP contribution in [-0.4, -0.2) is 74.5 Å². The van der Waals surface area contributed by atoms with Crippen LogP contribution >= 0.6 is 0 Å². The van der Waals surface area contributed by atoms with Gasteiger partial charge >= 0.3 is 71.1 Å². The summed E-state index contributed by atoms with van der Waals surface area (Å²) in [5.41, 5.74) is 0. The van der Waals surface area contributed by atoms with Crippen molar-refractivity contribution in [1.82, 2.24) is 0 Å². The number of carbonyl (C=O) groups is 4. The van der Waals surface area contributed by atoms with E-state index in [0.717, 1.165) is 0 Å². The van der Waals surface area contributed by atoms with Crippen molar-refractivity contribution < 1.29 is 124 Å². The van der Waals surface area contributed by atoms with Gasteiger partial charge in [-0.3, -0.25) is 9.11 Å². The molecule has 0 fully saturated rings. The second-order valence-corrected chi connectivity index (χ2v) is 7.36. The van der Waals surface area contributed by atoms with Gasteiger partial charge in [-0.25, -0.2) is 9.59 Å². The van der Waals surface area contributed by atoms with Gasteiger partial charge in [0.05, 0.1) is 11.9 Å². The quantitative estimate of drug-likeness (QED) is 0.124. The average molecular weight is 492 g/mol. The van der Waals surface area contributed by atoms with Crippen LogP contribution in [0.15, 0.2) is 24.3 Å². The molecule has 0 aliphatic heterocycles. The van der Waals surface area contributed by atoms with Crippen LogP contribution in [0.1, 0.15) is 0 Å². The van der Waals surface area contributed by atoms with Gasteiger partial charge in [0.25, 0.3) is 20.2 Å². The molecule has 0 amide bonds. The first-order chi connectivity index (χ1) is 12.6. The first-order valence-corrected chi connectivity index (χ1v) is 9.86. The molecule has 0 aliphatic carbocycles. The fourth-order valence-electron chi connectivity index (χ4n) is 0.864. The van der Waals surface area contributed by atoms with E-state index >= 15 is 0 Å². The SMILES string of the molecule is O=C([O-])/C=C\C(=O)OCCS(=O)(=O)O.O=C([O-])/C=C\C(=O)OCCS(=O)(=O)O.[Na+].[Na+]. The van der Waals surface area contributed by atoms with Crippen molar-refractivity contribution in [3.05, 3.63) is 24.3 Å². The number of carboxylic acid groups (broad SMARTS) is 2. The number of rotatable bonds is 10. The van der Waals surface area contributed by atoms with Crippen LogP contribution in [0.5, 0.6) is 0 Å². The molecule has 0 aromatic heterocycles. The molecular formula is C12H14Na2O14S2. The second kappa shape index (κ2) is 18.9. The van der Waals surface area contributed by atoms with Gasteiger partial charge in [0.15, 0.2) is 0 Å². The largest absolute Gasteiger partial charge is 1.00 e. The van der Waals surface area contributed by atoms with Gasteiger partial charge in [-0.05, 0) is 12.2 Å². The summed E-state index contributed by atoms with van der Waals surface area (Å²) in [6, 6.07) is 0. The van der Waals surface area contributed by atoms with Crippen molar-refractivity contribution >= 4 is 44.1 Å². The normalized spacial score (nSPS) is 10.7. The molecule has 0 unspecified atom stereocenters. The van der Waals surface area contributed by atoms with Crippen molar-refractivity contribution in [2.45, 2.75) is 0 Å². The molecule has 0 heterocycles. The Bertz CT molecular complexity index is 759. The molecule has 30 heavy (non-hydrogen) atoms. The standard InChI is InChI=1S/2C6H8O7S.2Na/c2*7-5(8)1-2-6(9)13-3-4-14(10,11)12;;/h2*1-2H,3-4H2,(H,7,8)(H,10,11,12);;/q;;2*+1/p-2/b2*2-1-;;. The van der Waals surface area contributed by atoms with Crippen molar-refractivity contribution in [2.75, 3.05) is 24.7 Å². The maximum Gasteiger partial charge on any atom is 1.00 e. The molecule has 14 nitrogen and oxygen atoms in total. The summed E-state index contributed by atoms with van der Waals surface area (Å²) in [6.45, 7) is -1.09. The molecule has 2 N–H and O–H groups in total. The minimum absolute atomic E-state index is 0. The first-order valence-electron chi connectivity index (χ1n) is 6.64. The van der Waals surface area contributed by atoms with E-state index in [2.05, 4.69) is 9.47 Å². The van der Waals surface area contributed by atoms with E-state index in [1.807, 2.05) is 0 Å².